The molecule has 0 radical (unpaired) electrons. The van der Waals surface area contributed by atoms with Gasteiger partial charge >= 0.3 is 5.97 Å². The number of nitrogens with zero attached hydrogens (tertiary/aromatic N) is 1. The Morgan fingerprint density at radius 3 is 2.81 bits per heavy atom. The van der Waals surface area contributed by atoms with E-state index in [-0.39, 0.29) is 24.5 Å². The molecule has 1 amide bonds. The van der Waals surface area contributed by atoms with Crippen molar-refractivity contribution in [3.63, 3.8) is 0 Å². The van der Waals surface area contributed by atoms with Crippen LogP contribution in [0.1, 0.15) is 40.9 Å². The maximum absolute atomic E-state index is 12.7. The van der Waals surface area contributed by atoms with Gasteiger partial charge in [-0.15, -0.1) is 11.3 Å². The van der Waals surface area contributed by atoms with Gasteiger partial charge in [0.25, 0.3) is 5.91 Å². The molecule has 6 heteroatoms. The van der Waals surface area contributed by atoms with Crippen LogP contribution >= 0.6 is 23.1 Å². The summed E-state index contributed by atoms with van der Waals surface area (Å²) in [6, 6.07) is 1.96. The van der Waals surface area contributed by atoms with Gasteiger partial charge in [0, 0.05) is 16.7 Å². The van der Waals surface area contributed by atoms with Gasteiger partial charge in [0.05, 0.1) is 11.5 Å². The molecule has 0 fully saturated rings. The first-order valence-corrected chi connectivity index (χ1v) is 9.16. The third kappa shape index (κ3) is 4.01. The van der Waals surface area contributed by atoms with E-state index in [2.05, 4.69) is 0 Å². The Bertz CT molecular complexity index is 501. The lowest BCUT2D eigenvalue weighted by atomic mass is 10.2. The highest BCUT2D eigenvalue weighted by Crippen LogP contribution is 2.32. The summed E-state index contributed by atoms with van der Waals surface area (Å²) >= 11 is 3.48. The van der Waals surface area contributed by atoms with E-state index in [1.165, 1.54) is 10.4 Å². The van der Waals surface area contributed by atoms with Crippen LogP contribution in [0.3, 0.4) is 0 Å². The van der Waals surface area contributed by atoms with Gasteiger partial charge < -0.3 is 9.64 Å². The molecule has 4 nitrogen and oxygen atoms in total. The molecule has 1 aliphatic rings. The third-order valence-corrected chi connectivity index (χ3v) is 5.56. The van der Waals surface area contributed by atoms with Gasteiger partial charge in [-0.1, -0.05) is 0 Å². The van der Waals surface area contributed by atoms with Crippen LogP contribution in [0.4, 0.5) is 0 Å². The average Bonchev–Trinajstić information content (AvgIpc) is 2.88. The molecule has 0 N–H and O–H groups in total. The first-order chi connectivity index (χ1) is 10.0. The smallest absolute Gasteiger partial charge is 0.325 e. The Balaban J connectivity index is 2.14. The second-order valence-electron chi connectivity index (χ2n) is 5.19. The van der Waals surface area contributed by atoms with Crippen molar-refractivity contribution < 1.29 is 14.3 Å². The quantitative estimate of drug-likeness (QED) is 0.780. The number of thiophene rings is 1. The van der Waals surface area contributed by atoms with E-state index in [4.69, 9.17) is 4.74 Å². The third-order valence-electron chi connectivity index (χ3n) is 3.33. The second-order valence-corrected chi connectivity index (χ2v) is 7.44. The normalized spacial score (nSPS) is 13.9. The molecule has 2 rings (SSSR count). The van der Waals surface area contributed by atoms with Gasteiger partial charge in [-0.2, -0.15) is 11.8 Å². The minimum Gasteiger partial charge on any atom is -0.465 e. The van der Waals surface area contributed by atoms with Crippen molar-refractivity contribution in [1.82, 2.24) is 4.90 Å². The molecule has 116 valence electrons. The standard InChI is InChI=1S/C15H21NO3S2/c1-4-19-14(17)8-16(10(2)3)15(18)13-7-11-9-20-6-5-12(11)21-13/h7,10H,4-6,8-9H2,1-3H3. The number of aryl methyl sites for hydroxylation is 1. The van der Waals surface area contributed by atoms with Gasteiger partial charge in [0.1, 0.15) is 6.54 Å². The van der Waals surface area contributed by atoms with Gasteiger partial charge in [0.15, 0.2) is 0 Å². The van der Waals surface area contributed by atoms with Gasteiger partial charge in [-0.25, -0.2) is 0 Å². The number of thioether (sulfide) groups is 1. The lowest BCUT2D eigenvalue weighted by Crippen LogP contribution is -2.41. The minimum absolute atomic E-state index is 0.0155. The van der Waals surface area contributed by atoms with E-state index in [9.17, 15) is 9.59 Å². The van der Waals surface area contributed by atoms with Gasteiger partial charge in [-0.3, -0.25) is 9.59 Å². The lowest BCUT2D eigenvalue weighted by molar-refractivity contribution is -0.144. The molecule has 0 spiro atoms. The highest BCUT2D eigenvalue weighted by Gasteiger charge is 2.25. The molecule has 0 unspecified atom stereocenters. The lowest BCUT2D eigenvalue weighted by Gasteiger charge is -2.25. The summed E-state index contributed by atoms with van der Waals surface area (Å²) < 4.78 is 4.96. The molecule has 0 bridgehead atoms. The fraction of sp³-hybridized carbons (Fsp3) is 0.600. The molecule has 1 aliphatic heterocycles. The van der Waals surface area contributed by atoms with Crippen LogP contribution in [0.15, 0.2) is 6.07 Å². The average molecular weight is 327 g/mol. The first kappa shape index (κ1) is 16.4. The number of amides is 1. The molecule has 1 aromatic rings. The number of hydrogen-bond donors (Lipinski definition) is 0. The van der Waals surface area contributed by atoms with Crippen molar-refractivity contribution in [2.24, 2.45) is 0 Å². The van der Waals surface area contributed by atoms with E-state index in [0.29, 0.717) is 6.61 Å². The van der Waals surface area contributed by atoms with Crippen molar-refractivity contribution in [2.75, 3.05) is 18.9 Å². The number of rotatable bonds is 5. The number of hydrogen-bond acceptors (Lipinski definition) is 5. The Labute approximate surface area is 133 Å². The Morgan fingerprint density at radius 2 is 2.19 bits per heavy atom. The summed E-state index contributed by atoms with van der Waals surface area (Å²) in [4.78, 5) is 28.0. The van der Waals surface area contributed by atoms with Crippen LogP contribution in [-0.4, -0.2) is 41.7 Å². The number of carbonyl (C=O) groups excluding carboxylic acids is 2. The van der Waals surface area contributed by atoms with Crippen LogP contribution in [-0.2, 0) is 21.7 Å². The molecule has 2 heterocycles. The predicted octanol–water partition coefficient (Wildman–Crippen LogP) is 2.95. The summed E-state index contributed by atoms with van der Waals surface area (Å²) in [5, 5.41) is 0. The molecule has 0 aromatic carbocycles. The molecular weight excluding hydrogens is 306 g/mol. The van der Waals surface area contributed by atoms with Crippen molar-refractivity contribution in [3.05, 3.63) is 21.4 Å². The highest BCUT2D eigenvalue weighted by atomic mass is 32.2. The molecular formula is C15H21NO3S2. The SMILES string of the molecule is CCOC(=O)CN(C(=O)c1cc2c(s1)CCSC2)C(C)C. The zero-order chi connectivity index (χ0) is 15.4. The maximum Gasteiger partial charge on any atom is 0.325 e. The van der Waals surface area contributed by atoms with Crippen LogP contribution < -0.4 is 0 Å². The first-order valence-electron chi connectivity index (χ1n) is 7.18. The van der Waals surface area contributed by atoms with E-state index in [1.807, 2.05) is 31.7 Å². The molecule has 1 aromatic heterocycles. The largest absolute Gasteiger partial charge is 0.465 e. The summed E-state index contributed by atoms with van der Waals surface area (Å²) in [5.41, 5.74) is 1.28. The van der Waals surface area contributed by atoms with Crippen molar-refractivity contribution in [3.8, 4) is 0 Å². The Hall–Kier alpha value is -1.01. The zero-order valence-corrected chi connectivity index (χ0v) is 14.3. The van der Waals surface area contributed by atoms with E-state index in [1.54, 1.807) is 23.2 Å². The van der Waals surface area contributed by atoms with E-state index < -0.39 is 0 Å². The zero-order valence-electron chi connectivity index (χ0n) is 12.7. The Kier molecular flexibility index (Phi) is 5.70. The number of fused-ring (bicyclic) bond motifs is 1. The number of carbonyl (C=O) groups is 2. The van der Waals surface area contributed by atoms with Crippen molar-refractivity contribution in [1.29, 1.82) is 0 Å². The van der Waals surface area contributed by atoms with Crippen LogP contribution in [0, 0.1) is 0 Å². The molecule has 0 atom stereocenters. The maximum atomic E-state index is 12.7. The van der Waals surface area contributed by atoms with Crippen LogP contribution in [0.25, 0.3) is 0 Å². The second kappa shape index (κ2) is 7.31. The summed E-state index contributed by atoms with van der Waals surface area (Å²) in [6.45, 7) is 5.95. The Morgan fingerprint density at radius 1 is 1.43 bits per heavy atom. The fourth-order valence-corrected chi connectivity index (χ4v) is 4.56. The predicted molar refractivity (Wildman–Crippen MR) is 87.0 cm³/mol. The summed E-state index contributed by atoms with van der Waals surface area (Å²) in [5.74, 6) is 1.69. The monoisotopic (exact) mass is 327 g/mol. The van der Waals surface area contributed by atoms with Crippen molar-refractivity contribution in [2.45, 2.75) is 39.0 Å². The summed E-state index contributed by atoms with van der Waals surface area (Å²) in [7, 11) is 0. The van der Waals surface area contributed by atoms with Crippen LogP contribution in [0.2, 0.25) is 0 Å². The van der Waals surface area contributed by atoms with Gasteiger partial charge in [-0.05, 0) is 44.6 Å². The molecule has 21 heavy (non-hydrogen) atoms. The number of ether oxygens (including phenoxy) is 1. The molecule has 0 saturated carbocycles. The molecule has 0 aliphatic carbocycles. The minimum atomic E-state index is -0.351. The van der Waals surface area contributed by atoms with Crippen molar-refractivity contribution >= 4 is 35.0 Å². The topological polar surface area (TPSA) is 46.6 Å². The number of esters is 1. The van der Waals surface area contributed by atoms with Gasteiger partial charge in [0.2, 0.25) is 0 Å². The molecule has 0 saturated heterocycles. The van der Waals surface area contributed by atoms with E-state index >= 15 is 0 Å². The van der Waals surface area contributed by atoms with Crippen LogP contribution in [0.5, 0.6) is 0 Å². The highest BCUT2D eigenvalue weighted by molar-refractivity contribution is 7.98. The fourth-order valence-electron chi connectivity index (χ4n) is 2.23. The summed E-state index contributed by atoms with van der Waals surface area (Å²) in [6.07, 6.45) is 1.04. The van der Waals surface area contributed by atoms with E-state index in [0.717, 1.165) is 22.8 Å².